The molecule has 5 aliphatic rings. The van der Waals surface area contributed by atoms with Crippen molar-refractivity contribution in [2.24, 2.45) is 29.2 Å². The highest BCUT2D eigenvalue weighted by atomic mass is 79.9. The molecule has 5 fully saturated rings. The number of carboxylic acids is 2. The van der Waals surface area contributed by atoms with E-state index in [0.29, 0.717) is 24.7 Å². The van der Waals surface area contributed by atoms with Crippen LogP contribution in [0.1, 0.15) is 166 Å². The second-order valence-electron chi connectivity index (χ2n) is 32.3. The van der Waals surface area contributed by atoms with Crippen LogP contribution in [0, 0.1) is 17.8 Å². The molecule has 0 aromatic heterocycles. The fourth-order valence-electron chi connectivity index (χ4n) is 10.2. The van der Waals surface area contributed by atoms with Gasteiger partial charge >= 0.3 is 66.2 Å². The Morgan fingerprint density at radius 1 is 0.520 bits per heavy atom. The Bertz CT molecular complexity index is 4060. The van der Waals surface area contributed by atoms with Crippen LogP contribution >= 0.6 is 39.5 Å². The van der Waals surface area contributed by atoms with E-state index in [4.69, 9.17) is 54.8 Å². The summed E-state index contributed by atoms with van der Waals surface area (Å²) in [5, 5.41) is 32.1. The fraction of sp³-hybridized carbons (Fsp3) is 0.588. The second-order valence-corrected chi connectivity index (χ2v) is 35.0. The number of carboxylic acid groups (broad SMARTS) is 2. The van der Waals surface area contributed by atoms with Crippen LogP contribution in [-0.4, -0.2) is 264 Å². The van der Waals surface area contributed by atoms with Crippen LogP contribution < -0.4 is 43.4 Å². The summed E-state index contributed by atoms with van der Waals surface area (Å²) in [6.07, 6.45) is -3.46. The van der Waals surface area contributed by atoms with Gasteiger partial charge in [-0.15, -0.1) is 23.5 Å². The Labute approximate surface area is 740 Å². The lowest BCUT2D eigenvalue weighted by Crippen LogP contribution is -2.45. The van der Waals surface area contributed by atoms with Gasteiger partial charge in [-0.25, -0.2) is 24.0 Å². The topological polar surface area (TPSA) is 607 Å². The van der Waals surface area contributed by atoms with Gasteiger partial charge in [0.05, 0.1) is 72.9 Å². The minimum Gasteiger partial charge on any atom is -0.481 e. The Hall–Kier alpha value is -11.4. The molecule has 0 saturated carbocycles. The van der Waals surface area contributed by atoms with Gasteiger partial charge in [-0.1, -0.05) is 76.6 Å². The normalized spacial score (nSPS) is 16.9. The van der Waals surface area contributed by atoms with Crippen molar-refractivity contribution >= 4 is 165 Å². The first-order valence-electron chi connectivity index (χ1n) is 38.9. The van der Waals surface area contributed by atoms with E-state index in [1.807, 2.05) is 66.0 Å². The highest BCUT2D eigenvalue weighted by molar-refractivity contribution is 9.09. The summed E-state index contributed by atoms with van der Waals surface area (Å²) in [6, 6.07) is 16.4. The van der Waals surface area contributed by atoms with Gasteiger partial charge < -0.3 is 86.2 Å². The molecule has 2 aromatic carbocycles. The molecular formula is C80H116BrN11O31S2. The zero-order valence-corrected chi connectivity index (χ0v) is 75.9. The number of hydrogen-bond acceptors (Lipinski definition) is 32. The monoisotopic (exact) mass is 1870 g/mol. The number of carbonyl (C=O) groups excluding carboxylic acids is 19. The minimum atomic E-state index is -1.37. The number of esters is 5. The van der Waals surface area contributed by atoms with Gasteiger partial charge in [-0.3, -0.25) is 96.7 Å². The molecule has 5 atom stereocenters. The van der Waals surface area contributed by atoms with E-state index >= 15 is 0 Å². The summed E-state index contributed by atoms with van der Waals surface area (Å²) in [7, 11) is 0. The average Bonchev–Trinajstić information content (AvgIpc) is 1.70. The smallest absolute Gasteiger partial charge is 0.408 e. The number of ether oxygens (including phenoxy) is 8. The molecule has 0 bridgehead atoms. The number of halogens is 1. The molecule has 696 valence electrons. The van der Waals surface area contributed by atoms with Crippen LogP contribution in [-0.2, 0) is 133 Å². The number of benzene rings is 2. The Balaban J connectivity index is 0.000000749. The Kier molecular flexibility index (Phi) is 49.2. The molecule has 4 unspecified atom stereocenters. The number of cyclic esters (lactones) is 2. The summed E-state index contributed by atoms with van der Waals surface area (Å²) in [4.78, 5) is 241. The van der Waals surface area contributed by atoms with Crippen molar-refractivity contribution in [3.8, 4) is 0 Å². The van der Waals surface area contributed by atoms with Gasteiger partial charge in [-0.2, -0.15) is 0 Å². The molecule has 125 heavy (non-hydrogen) atoms. The molecule has 5 aliphatic heterocycles. The molecule has 2 aromatic rings. The minimum absolute atomic E-state index is 0.00932. The van der Waals surface area contributed by atoms with E-state index < -0.39 is 154 Å². The van der Waals surface area contributed by atoms with Crippen LogP contribution in [0.15, 0.2) is 60.7 Å². The number of aliphatic carboxylic acids is 2. The predicted octanol–water partition coefficient (Wildman–Crippen LogP) is 3.98. The Morgan fingerprint density at radius 2 is 0.920 bits per heavy atom. The summed E-state index contributed by atoms with van der Waals surface area (Å²) in [5.74, 6) is -10.4. The van der Waals surface area contributed by atoms with Crippen molar-refractivity contribution in [2.45, 2.75) is 209 Å². The molecule has 14 amide bonds. The van der Waals surface area contributed by atoms with Crippen LogP contribution in [0.2, 0.25) is 0 Å². The second kappa shape index (κ2) is 55.1. The molecule has 5 saturated heterocycles. The Morgan fingerprint density at radius 3 is 1.30 bits per heavy atom. The maximum atomic E-state index is 12.3. The van der Waals surface area contributed by atoms with Crippen LogP contribution in [0.4, 0.5) is 19.2 Å². The summed E-state index contributed by atoms with van der Waals surface area (Å²) < 4.78 is 39.5. The molecular weight excluding hydrogens is 1750 g/mol. The molecule has 5 heterocycles. The SMILES string of the molecule is CC(C)(C)OC(=O)CC1CC(=O)N(CCN)C1=O.CC(C)(C)OC(=O)CC1CC(=O)N(CCNC(=O)CSCC(=O)O)C1=O.CC(C)(C)OC(=O)CC1CC(=O)NC1=O.CC(C)(C)OC(=O)NC1CC(=O)N(CCNC(=O)OCc2ccccc2)C1=O.CC(C)(C)OC(=O)N[C@H](CC(N)=O)C(=O)O.O=C(NCCBr)OCc1ccccc1.O=C1CSCC(=O)O1. The number of nitrogens with zero attached hydrogens (tertiary/aromatic N) is 3. The van der Waals surface area contributed by atoms with Crippen molar-refractivity contribution in [1.29, 1.82) is 0 Å². The molecule has 12 N–H and O–H groups in total. The van der Waals surface area contributed by atoms with Crippen molar-refractivity contribution in [3.05, 3.63) is 71.8 Å². The zero-order chi connectivity index (χ0) is 95.3. The third-order valence-electron chi connectivity index (χ3n) is 15.1. The van der Waals surface area contributed by atoms with E-state index in [-0.39, 0.29) is 138 Å². The third kappa shape index (κ3) is 52.1. The number of imide groups is 4. The highest BCUT2D eigenvalue weighted by Gasteiger charge is 2.43. The number of nitrogens with two attached hydrogens (primary N) is 2. The largest absolute Gasteiger partial charge is 0.481 e. The van der Waals surface area contributed by atoms with Gasteiger partial charge in [0.15, 0.2) is 0 Å². The first-order valence-corrected chi connectivity index (χ1v) is 42.4. The van der Waals surface area contributed by atoms with Gasteiger partial charge in [0.1, 0.15) is 53.3 Å². The number of thioether (sulfide) groups is 2. The molecule has 7 rings (SSSR count). The number of rotatable bonds is 29. The first-order chi connectivity index (χ1) is 57.9. The van der Waals surface area contributed by atoms with E-state index in [9.17, 15) is 101 Å². The van der Waals surface area contributed by atoms with Crippen LogP contribution in [0.25, 0.3) is 0 Å². The zero-order valence-electron chi connectivity index (χ0n) is 72.6. The average molecular weight is 1870 g/mol. The standard InChI is InChI=1S/C19H25N3O6.C16H24N2O7S.C12H20N2O4.C10H12BrNO2.C10H15NO4.C9H16N2O5.C4H4O3S/c1-19(2,3)28-18(26)21-14-11-15(23)22(16(14)24)10-9-20-17(25)27-12-13-7-5-4-6-8-13;1-16(2,3)25-14(23)7-10-6-12(20)18(15(10)24)5-4-17-11(19)8-26-9-13(21)22;1-12(2,3)18-10(16)7-8-6-9(15)14(5-4-13)11(8)17;11-6-7-12-10(13)14-8-9-4-2-1-3-5-9;1-10(2,3)15-8(13)5-6-4-7(12)11-9(6)14;1-9(2,3)16-8(15)11-5(7(13)14)4-6(10)12;5-3-1-8-2-4(6)7-3/h4-8,14H,9-12H2,1-3H3,(H,20,25)(H,21,26);10H,4-9H2,1-3H3,(H,17,19)(H,21,22);8H,4-7,13H2,1-3H3;1-5H,6-8H2,(H,12,13);6H,4-5H2,1-3H3,(H,11,12,14);5H,4H2,1-3H3,(H2,10,12)(H,11,15)(H,13,14);1-2H2/t;;;;;5-;/m.....1./s1. The van der Waals surface area contributed by atoms with Crippen molar-refractivity contribution < 1.29 is 149 Å². The van der Waals surface area contributed by atoms with Crippen LogP contribution in [0.3, 0.4) is 0 Å². The van der Waals surface area contributed by atoms with Gasteiger partial charge in [0.2, 0.25) is 53.2 Å². The van der Waals surface area contributed by atoms with Gasteiger partial charge in [0.25, 0.3) is 5.91 Å². The highest BCUT2D eigenvalue weighted by Crippen LogP contribution is 2.27. The summed E-state index contributed by atoms with van der Waals surface area (Å²) in [6.45, 7) is 27.3. The lowest BCUT2D eigenvalue weighted by molar-refractivity contribution is -0.158. The number of primary amides is 1. The van der Waals surface area contributed by atoms with E-state index in [1.165, 1.54) is 11.8 Å². The number of nitrogens with one attached hydrogen (secondary N) is 6. The summed E-state index contributed by atoms with van der Waals surface area (Å²) >= 11 is 5.45. The maximum Gasteiger partial charge on any atom is 0.408 e. The van der Waals surface area contributed by atoms with E-state index in [2.05, 4.69) is 47.3 Å². The van der Waals surface area contributed by atoms with Crippen molar-refractivity contribution in [3.63, 3.8) is 0 Å². The first kappa shape index (κ1) is 112. The number of likely N-dealkylation sites (tertiary alicyclic amines) is 3. The number of alkyl halides is 1. The van der Waals surface area contributed by atoms with E-state index in [1.54, 1.807) is 104 Å². The van der Waals surface area contributed by atoms with Crippen LogP contribution in [0.5, 0.6) is 0 Å². The number of amides is 14. The molecule has 0 aliphatic carbocycles. The molecule has 0 radical (unpaired) electrons. The predicted molar refractivity (Wildman–Crippen MR) is 450 cm³/mol. The lowest BCUT2D eigenvalue weighted by atomic mass is 10.0. The van der Waals surface area contributed by atoms with Crippen molar-refractivity contribution in [2.75, 3.05) is 74.2 Å². The van der Waals surface area contributed by atoms with Gasteiger partial charge in [0, 0.05) is 70.4 Å². The number of hydrogen-bond donors (Lipinski definition) is 10. The fourth-order valence-corrected chi connectivity index (χ4v) is 11.6. The number of carbonyl (C=O) groups is 21. The lowest BCUT2D eigenvalue weighted by Gasteiger charge is -2.21. The van der Waals surface area contributed by atoms with E-state index in [0.717, 1.165) is 42.9 Å². The summed E-state index contributed by atoms with van der Waals surface area (Å²) in [5.41, 5.74) is 8.75. The van der Waals surface area contributed by atoms with Crippen molar-refractivity contribution in [1.82, 2.24) is 46.6 Å². The third-order valence-corrected chi connectivity index (χ3v) is 17.3. The molecule has 45 heteroatoms. The van der Waals surface area contributed by atoms with Gasteiger partial charge in [-0.05, 0) is 115 Å². The molecule has 42 nitrogen and oxygen atoms in total. The quantitative estimate of drug-likeness (QED) is 0.0181. The maximum absolute atomic E-state index is 12.3. The molecule has 0 spiro atoms. The number of alkyl carbamates (subject to hydrolysis) is 4.